The van der Waals surface area contributed by atoms with E-state index in [2.05, 4.69) is 27.9 Å². The van der Waals surface area contributed by atoms with Gasteiger partial charge in [0.2, 0.25) is 0 Å². The summed E-state index contributed by atoms with van der Waals surface area (Å²) in [5.74, 6) is -0.221. The van der Waals surface area contributed by atoms with Crippen LogP contribution < -0.4 is 0 Å². The SMILES string of the molecule is CCCC[N+](C)(C)[C@@H](C)[C@H](OC(C)=O)c1ccccc1. The summed E-state index contributed by atoms with van der Waals surface area (Å²) < 4.78 is 6.46. The van der Waals surface area contributed by atoms with E-state index in [1.165, 1.54) is 19.8 Å². The number of carbonyl (C=O) groups is 1. The highest BCUT2D eigenvalue weighted by atomic mass is 16.5. The second-order valence-electron chi connectivity index (χ2n) is 6.04. The summed E-state index contributed by atoms with van der Waals surface area (Å²) in [7, 11) is 4.42. The topological polar surface area (TPSA) is 26.3 Å². The fourth-order valence-corrected chi connectivity index (χ4v) is 2.40. The van der Waals surface area contributed by atoms with Crippen molar-refractivity contribution >= 4 is 5.97 Å². The molecule has 0 aliphatic carbocycles. The van der Waals surface area contributed by atoms with E-state index in [0.29, 0.717) is 0 Å². The molecule has 0 saturated carbocycles. The zero-order valence-electron chi connectivity index (χ0n) is 13.4. The van der Waals surface area contributed by atoms with Crippen molar-refractivity contribution < 1.29 is 14.0 Å². The number of esters is 1. The molecule has 0 fully saturated rings. The van der Waals surface area contributed by atoms with Gasteiger partial charge in [-0.15, -0.1) is 0 Å². The van der Waals surface area contributed by atoms with E-state index in [1.54, 1.807) is 0 Å². The van der Waals surface area contributed by atoms with Gasteiger partial charge in [0.1, 0.15) is 6.04 Å². The number of rotatable bonds is 7. The van der Waals surface area contributed by atoms with E-state index < -0.39 is 0 Å². The molecule has 0 aromatic heterocycles. The predicted molar refractivity (Wildman–Crippen MR) is 82.3 cm³/mol. The lowest BCUT2D eigenvalue weighted by Gasteiger charge is -2.39. The first-order valence-corrected chi connectivity index (χ1v) is 7.43. The summed E-state index contributed by atoms with van der Waals surface area (Å²) in [6.45, 7) is 6.93. The molecule has 0 spiro atoms. The molecule has 1 rings (SSSR count). The first-order chi connectivity index (χ1) is 9.38. The molecule has 0 unspecified atom stereocenters. The maximum absolute atomic E-state index is 11.4. The van der Waals surface area contributed by atoms with Gasteiger partial charge in [-0.05, 0) is 18.9 Å². The maximum atomic E-state index is 11.4. The van der Waals surface area contributed by atoms with Gasteiger partial charge in [0, 0.05) is 6.92 Å². The van der Waals surface area contributed by atoms with Crippen LogP contribution in [0.3, 0.4) is 0 Å². The smallest absolute Gasteiger partial charge is 0.303 e. The van der Waals surface area contributed by atoms with Crippen LogP contribution in [0.25, 0.3) is 0 Å². The molecule has 0 bridgehead atoms. The molecule has 112 valence electrons. The Balaban J connectivity index is 2.95. The molecular formula is C17H28NO2+. The van der Waals surface area contributed by atoms with Crippen LogP contribution in [0.4, 0.5) is 0 Å². The van der Waals surface area contributed by atoms with Gasteiger partial charge in [0.25, 0.3) is 0 Å². The van der Waals surface area contributed by atoms with Crippen LogP contribution in [0, 0.1) is 0 Å². The van der Waals surface area contributed by atoms with Crippen molar-refractivity contribution in [2.75, 3.05) is 20.6 Å². The molecule has 3 heteroatoms. The van der Waals surface area contributed by atoms with E-state index in [9.17, 15) is 4.79 Å². The Morgan fingerprint density at radius 2 is 1.85 bits per heavy atom. The van der Waals surface area contributed by atoms with Crippen molar-refractivity contribution in [3.05, 3.63) is 35.9 Å². The monoisotopic (exact) mass is 278 g/mol. The number of hydrogen-bond donors (Lipinski definition) is 0. The molecule has 0 radical (unpaired) electrons. The summed E-state index contributed by atoms with van der Waals surface area (Å²) in [6.07, 6.45) is 2.16. The van der Waals surface area contributed by atoms with Gasteiger partial charge < -0.3 is 9.22 Å². The van der Waals surface area contributed by atoms with Gasteiger partial charge in [-0.3, -0.25) is 4.79 Å². The van der Waals surface area contributed by atoms with Gasteiger partial charge in [-0.2, -0.15) is 0 Å². The number of hydrogen-bond acceptors (Lipinski definition) is 2. The quantitative estimate of drug-likeness (QED) is 0.563. The Kier molecular flexibility index (Phi) is 6.21. The lowest BCUT2D eigenvalue weighted by Crippen LogP contribution is -2.51. The first-order valence-electron chi connectivity index (χ1n) is 7.43. The largest absolute Gasteiger partial charge is 0.451 e. The number of ether oxygens (including phenoxy) is 1. The lowest BCUT2D eigenvalue weighted by atomic mass is 10.0. The van der Waals surface area contributed by atoms with Crippen LogP contribution in [0.2, 0.25) is 0 Å². The third-order valence-electron chi connectivity index (χ3n) is 4.05. The Labute approximate surface area is 123 Å². The summed E-state index contributed by atoms with van der Waals surface area (Å²) >= 11 is 0. The Hall–Kier alpha value is -1.35. The molecule has 0 aliphatic rings. The summed E-state index contributed by atoms with van der Waals surface area (Å²) in [6, 6.07) is 10.2. The van der Waals surface area contributed by atoms with Crippen molar-refractivity contribution in [1.29, 1.82) is 0 Å². The van der Waals surface area contributed by atoms with Crippen LogP contribution in [0.1, 0.15) is 45.3 Å². The molecule has 0 heterocycles. The second-order valence-corrected chi connectivity index (χ2v) is 6.04. The van der Waals surface area contributed by atoms with Gasteiger partial charge >= 0.3 is 5.97 Å². The summed E-state index contributed by atoms with van der Waals surface area (Å²) in [5.41, 5.74) is 1.07. The third-order valence-corrected chi connectivity index (χ3v) is 4.05. The maximum Gasteiger partial charge on any atom is 0.303 e. The van der Waals surface area contributed by atoms with E-state index in [1.807, 2.05) is 30.3 Å². The van der Waals surface area contributed by atoms with Crippen LogP contribution in [0.5, 0.6) is 0 Å². The van der Waals surface area contributed by atoms with E-state index >= 15 is 0 Å². The zero-order chi connectivity index (χ0) is 15.2. The highest BCUT2D eigenvalue weighted by Crippen LogP contribution is 2.28. The van der Waals surface area contributed by atoms with Crippen LogP contribution in [0.15, 0.2) is 30.3 Å². The highest BCUT2D eigenvalue weighted by molar-refractivity contribution is 5.66. The van der Waals surface area contributed by atoms with Gasteiger partial charge in [0.15, 0.2) is 6.10 Å². The first kappa shape index (κ1) is 16.7. The molecule has 0 N–H and O–H groups in total. The van der Waals surface area contributed by atoms with Crippen molar-refractivity contribution in [3.63, 3.8) is 0 Å². The van der Waals surface area contributed by atoms with E-state index in [-0.39, 0.29) is 18.1 Å². The Morgan fingerprint density at radius 3 is 2.35 bits per heavy atom. The average Bonchev–Trinajstić information content (AvgIpc) is 2.42. The number of nitrogens with zero attached hydrogens (tertiary/aromatic N) is 1. The van der Waals surface area contributed by atoms with Crippen LogP contribution in [-0.2, 0) is 9.53 Å². The van der Waals surface area contributed by atoms with Crippen LogP contribution >= 0.6 is 0 Å². The van der Waals surface area contributed by atoms with Gasteiger partial charge in [-0.25, -0.2) is 0 Å². The molecule has 1 aromatic carbocycles. The average molecular weight is 278 g/mol. The van der Waals surface area contributed by atoms with Gasteiger partial charge in [0.05, 0.1) is 20.6 Å². The second kappa shape index (κ2) is 7.44. The van der Waals surface area contributed by atoms with Gasteiger partial charge in [-0.1, -0.05) is 43.7 Å². The standard InChI is InChI=1S/C17H28NO2/c1-6-7-13-18(4,5)14(2)17(20-15(3)19)16-11-9-8-10-12-16/h8-12,14,17H,6-7,13H2,1-5H3/q+1/t14-,17-/m0/s1. The highest BCUT2D eigenvalue weighted by Gasteiger charge is 2.34. The van der Waals surface area contributed by atoms with Crippen molar-refractivity contribution in [1.82, 2.24) is 0 Å². The molecule has 1 aromatic rings. The number of unbranched alkanes of at least 4 members (excludes halogenated alkanes) is 1. The molecular weight excluding hydrogens is 250 g/mol. The number of carbonyl (C=O) groups excluding carboxylic acids is 1. The normalized spacial score (nSPS) is 14.7. The number of quaternary nitrogens is 1. The molecule has 3 nitrogen and oxygen atoms in total. The zero-order valence-corrected chi connectivity index (χ0v) is 13.4. The van der Waals surface area contributed by atoms with E-state index in [4.69, 9.17) is 4.74 Å². The molecule has 2 atom stereocenters. The predicted octanol–water partition coefficient (Wildman–Crippen LogP) is 3.56. The summed E-state index contributed by atoms with van der Waals surface area (Å²) in [4.78, 5) is 11.4. The molecule has 0 aliphatic heterocycles. The lowest BCUT2D eigenvalue weighted by molar-refractivity contribution is -0.917. The third kappa shape index (κ3) is 4.64. The fraction of sp³-hybridized carbons (Fsp3) is 0.588. The number of benzene rings is 1. The Morgan fingerprint density at radius 1 is 1.25 bits per heavy atom. The molecule has 20 heavy (non-hydrogen) atoms. The van der Waals surface area contributed by atoms with E-state index in [0.717, 1.165) is 16.6 Å². The van der Waals surface area contributed by atoms with Crippen molar-refractivity contribution in [2.45, 2.75) is 45.8 Å². The Bertz CT molecular complexity index is 414. The van der Waals surface area contributed by atoms with Crippen molar-refractivity contribution in [3.8, 4) is 0 Å². The minimum Gasteiger partial charge on any atom is -0.451 e. The summed E-state index contributed by atoms with van der Waals surface area (Å²) in [5, 5.41) is 0. The minimum atomic E-state index is -0.221. The molecule has 0 saturated heterocycles. The van der Waals surface area contributed by atoms with Crippen molar-refractivity contribution in [2.24, 2.45) is 0 Å². The fourth-order valence-electron chi connectivity index (χ4n) is 2.40. The number of likely N-dealkylation sites (N-methyl/N-ethyl adjacent to an activating group) is 1. The van der Waals surface area contributed by atoms with Crippen LogP contribution in [-0.4, -0.2) is 37.1 Å². The minimum absolute atomic E-state index is 0.194. The molecule has 0 amide bonds.